The molecule has 0 radical (unpaired) electrons. The van der Waals surface area contributed by atoms with Gasteiger partial charge in [-0.1, -0.05) is 11.6 Å². The molecule has 1 aliphatic heterocycles. The van der Waals surface area contributed by atoms with Gasteiger partial charge in [0, 0.05) is 32.3 Å². The van der Waals surface area contributed by atoms with Crippen molar-refractivity contribution < 1.29 is 9.53 Å². The molecular weight excluding hydrogens is 313 g/mol. The Labute approximate surface area is 136 Å². The number of rotatable bonds is 5. The van der Waals surface area contributed by atoms with E-state index in [0.717, 1.165) is 25.9 Å². The largest absolute Gasteiger partial charge is 0.384 e. The second-order valence-electron chi connectivity index (χ2n) is 5.52. The molecular formula is C14H23Cl2N3O2. The molecule has 2 heterocycles. The summed E-state index contributed by atoms with van der Waals surface area (Å²) in [6, 6.07) is 1.68. The van der Waals surface area contributed by atoms with Gasteiger partial charge in [-0.2, -0.15) is 0 Å². The number of nitrogens with one attached hydrogen (secondary N) is 2. The standard InChI is InChI=1S/C14H22ClN3O2.ClH/c1-18-8-11(15)7-12(18)13(19)17-9-14(10-20-2)3-5-16-6-4-14;/h7-8,16H,3-6,9-10H2,1-2H3,(H,17,19);1H. The van der Waals surface area contributed by atoms with Crippen LogP contribution in [0.3, 0.4) is 0 Å². The number of hydrogen-bond acceptors (Lipinski definition) is 3. The third-order valence-corrected chi connectivity index (χ3v) is 4.15. The molecule has 2 rings (SSSR count). The van der Waals surface area contributed by atoms with Crippen molar-refractivity contribution in [3.63, 3.8) is 0 Å². The summed E-state index contributed by atoms with van der Waals surface area (Å²) >= 11 is 5.91. The van der Waals surface area contributed by atoms with Crippen molar-refractivity contribution >= 4 is 29.9 Å². The molecule has 0 aliphatic carbocycles. The van der Waals surface area contributed by atoms with E-state index >= 15 is 0 Å². The van der Waals surface area contributed by atoms with Crippen molar-refractivity contribution in [3.8, 4) is 0 Å². The van der Waals surface area contributed by atoms with Crippen molar-refractivity contribution in [2.45, 2.75) is 12.8 Å². The molecule has 1 aromatic rings. The number of halogens is 2. The van der Waals surface area contributed by atoms with Crippen LogP contribution in [-0.4, -0.2) is 43.8 Å². The molecule has 0 aromatic carbocycles. The van der Waals surface area contributed by atoms with Gasteiger partial charge in [0.2, 0.25) is 0 Å². The van der Waals surface area contributed by atoms with Crippen LogP contribution in [0.1, 0.15) is 23.3 Å². The first-order valence-corrected chi connectivity index (χ1v) is 7.24. The van der Waals surface area contributed by atoms with Gasteiger partial charge >= 0.3 is 0 Å². The van der Waals surface area contributed by atoms with E-state index < -0.39 is 0 Å². The Morgan fingerprint density at radius 1 is 1.52 bits per heavy atom. The molecule has 2 N–H and O–H groups in total. The Bertz CT molecular complexity index is 465. The van der Waals surface area contributed by atoms with Crippen LogP contribution in [0.5, 0.6) is 0 Å². The van der Waals surface area contributed by atoms with Crippen LogP contribution < -0.4 is 10.6 Å². The number of aromatic nitrogens is 1. The maximum Gasteiger partial charge on any atom is 0.267 e. The van der Waals surface area contributed by atoms with E-state index in [0.29, 0.717) is 23.9 Å². The van der Waals surface area contributed by atoms with Crippen molar-refractivity contribution in [2.24, 2.45) is 12.5 Å². The van der Waals surface area contributed by atoms with Gasteiger partial charge in [-0.25, -0.2) is 0 Å². The molecule has 5 nitrogen and oxygen atoms in total. The lowest BCUT2D eigenvalue weighted by Gasteiger charge is -2.37. The fourth-order valence-corrected chi connectivity index (χ4v) is 2.99. The predicted octanol–water partition coefficient (Wildman–Crippen LogP) is 1.85. The van der Waals surface area contributed by atoms with Gasteiger partial charge in [0.15, 0.2) is 0 Å². The Morgan fingerprint density at radius 2 is 2.19 bits per heavy atom. The Hall–Kier alpha value is -0.750. The van der Waals surface area contributed by atoms with Crippen LogP contribution in [0.15, 0.2) is 12.3 Å². The zero-order chi connectivity index (χ0) is 14.6. The van der Waals surface area contributed by atoms with Gasteiger partial charge in [-0.05, 0) is 32.0 Å². The summed E-state index contributed by atoms with van der Waals surface area (Å²) in [7, 11) is 3.53. The van der Waals surface area contributed by atoms with Crippen LogP contribution in [0, 0.1) is 5.41 Å². The lowest BCUT2D eigenvalue weighted by molar-refractivity contribution is 0.0510. The van der Waals surface area contributed by atoms with E-state index in [1.807, 2.05) is 7.05 Å². The summed E-state index contributed by atoms with van der Waals surface area (Å²) in [5, 5.41) is 6.94. The first kappa shape index (κ1) is 18.3. The highest BCUT2D eigenvalue weighted by Crippen LogP contribution is 2.28. The number of nitrogens with zero attached hydrogens (tertiary/aromatic N) is 1. The molecule has 21 heavy (non-hydrogen) atoms. The van der Waals surface area contributed by atoms with E-state index in [1.165, 1.54) is 0 Å². The third kappa shape index (κ3) is 4.61. The summed E-state index contributed by atoms with van der Waals surface area (Å²) in [6.45, 7) is 3.23. The second kappa shape index (κ2) is 8.03. The summed E-state index contributed by atoms with van der Waals surface area (Å²) < 4.78 is 7.08. The number of ether oxygens (including phenoxy) is 1. The normalized spacial score (nSPS) is 17.1. The van der Waals surface area contributed by atoms with Crippen LogP contribution in [-0.2, 0) is 11.8 Å². The molecule has 1 aliphatic rings. The van der Waals surface area contributed by atoms with E-state index in [2.05, 4.69) is 10.6 Å². The number of carbonyl (C=O) groups is 1. The number of hydrogen-bond donors (Lipinski definition) is 2. The molecule has 0 atom stereocenters. The molecule has 7 heteroatoms. The zero-order valence-corrected chi connectivity index (χ0v) is 14.0. The Kier molecular flexibility index (Phi) is 7.00. The van der Waals surface area contributed by atoms with Gasteiger partial charge in [0.05, 0.1) is 11.6 Å². The number of carbonyl (C=O) groups excluding carboxylic acids is 1. The van der Waals surface area contributed by atoms with Crippen LogP contribution in [0.2, 0.25) is 5.02 Å². The number of amides is 1. The quantitative estimate of drug-likeness (QED) is 0.863. The molecule has 1 amide bonds. The minimum absolute atomic E-state index is 0. The van der Waals surface area contributed by atoms with Crippen LogP contribution in [0.4, 0.5) is 0 Å². The highest BCUT2D eigenvalue weighted by molar-refractivity contribution is 6.31. The lowest BCUT2D eigenvalue weighted by Crippen LogP contribution is -2.47. The SMILES string of the molecule is COCC1(CNC(=O)c2cc(Cl)cn2C)CCNCC1.Cl. The second-order valence-corrected chi connectivity index (χ2v) is 5.96. The number of aryl methyl sites for hydroxylation is 1. The van der Waals surface area contributed by atoms with Gasteiger partial charge in [-0.3, -0.25) is 4.79 Å². The topological polar surface area (TPSA) is 55.3 Å². The molecule has 0 unspecified atom stereocenters. The molecule has 0 spiro atoms. The molecule has 1 fully saturated rings. The molecule has 120 valence electrons. The van der Waals surface area contributed by atoms with Gasteiger partial charge < -0.3 is 19.9 Å². The third-order valence-electron chi connectivity index (χ3n) is 3.94. The smallest absolute Gasteiger partial charge is 0.267 e. The highest BCUT2D eigenvalue weighted by Gasteiger charge is 2.32. The monoisotopic (exact) mass is 335 g/mol. The maximum absolute atomic E-state index is 12.2. The zero-order valence-electron chi connectivity index (χ0n) is 12.4. The molecule has 1 aromatic heterocycles. The fourth-order valence-electron chi connectivity index (χ4n) is 2.74. The molecule has 1 saturated heterocycles. The van der Waals surface area contributed by atoms with Crippen molar-refractivity contribution in [2.75, 3.05) is 33.4 Å². The highest BCUT2D eigenvalue weighted by atomic mass is 35.5. The minimum Gasteiger partial charge on any atom is -0.384 e. The average Bonchev–Trinajstić information content (AvgIpc) is 2.77. The van der Waals surface area contributed by atoms with Crippen LogP contribution >= 0.6 is 24.0 Å². The molecule has 0 bridgehead atoms. The summed E-state index contributed by atoms with van der Waals surface area (Å²) in [5.74, 6) is -0.0894. The first-order valence-electron chi connectivity index (χ1n) is 6.86. The average molecular weight is 336 g/mol. The van der Waals surface area contributed by atoms with Gasteiger partial charge in [0.25, 0.3) is 5.91 Å². The van der Waals surface area contributed by atoms with Gasteiger partial charge in [-0.15, -0.1) is 12.4 Å². The van der Waals surface area contributed by atoms with Crippen molar-refractivity contribution in [1.82, 2.24) is 15.2 Å². The summed E-state index contributed by atoms with van der Waals surface area (Å²) in [5.41, 5.74) is 0.612. The number of piperidine rings is 1. The van der Waals surface area contributed by atoms with Gasteiger partial charge in [0.1, 0.15) is 5.69 Å². The fraction of sp³-hybridized carbons (Fsp3) is 0.643. The maximum atomic E-state index is 12.2. The van der Waals surface area contributed by atoms with E-state index in [9.17, 15) is 4.79 Å². The van der Waals surface area contributed by atoms with Crippen molar-refractivity contribution in [3.05, 3.63) is 23.0 Å². The molecule has 0 saturated carbocycles. The number of methoxy groups -OCH3 is 1. The Balaban J connectivity index is 0.00000220. The van der Waals surface area contributed by atoms with Crippen LogP contribution in [0.25, 0.3) is 0 Å². The summed E-state index contributed by atoms with van der Waals surface area (Å²) in [6.07, 6.45) is 3.75. The van der Waals surface area contributed by atoms with E-state index in [-0.39, 0.29) is 23.7 Å². The van der Waals surface area contributed by atoms with E-state index in [1.54, 1.807) is 23.9 Å². The lowest BCUT2D eigenvalue weighted by atomic mass is 9.79. The van der Waals surface area contributed by atoms with Crippen molar-refractivity contribution in [1.29, 1.82) is 0 Å². The first-order chi connectivity index (χ1) is 9.56. The minimum atomic E-state index is -0.0894. The Morgan fingerprint density at radius 3 is 2.71 bits per heavy atom. The van der Waals surface area contributed by atoms with E-state index in [4.69, 9.17) is 16.3 Å². The predicted molar refractivity (Wildman–Crippen MR) is 86.4 cm³/mol. The summed E-state index contributed by atoms with van der Waals surface area (Å²) in [4.78, 5) is 12.2.